The lowest BCUT2D eigenvalue weighted by molar-refractivity contribution is 0.172. The molecule has 1 aromatic carbocycles. The number of aryl methyl sites for hydroxylation is 2. The van der Waals surface area contributed by atoms with Crippen LogP contribution in [-0.2, 0) is 21.1 Å². The van der Waals surface area contributed by atoms with Crippen LogP contribution in [0, 0.1) is 0 Å². The first-order valence-electron chi connectivity index (χ1n) is 9.87. The quantitative estimate of drug-likeness (QED) is 0.535. The van der Waals surface area contributed by atoms with Crippen LogP contribution in [0.4, 0.5) is 5.95 Å². The molecule has 3 aromatic heterocycles. The summed E-state index contributed by atoms with van der Waals surface area (Å²) in [5, 5.41) is 6.00. The van der Waals surface area contributed by atoms with Gasteiger partial charge in [-0.15, -0.1) is 0 Å². The van der Waals surface area contributed by atoms with E-state index in [1.54, 1.807) is 29.5 Å². The van der Waals surface area contributed by atoms with Gasteiger partial charge in [-0.3, -0.25) is 14.0 Å². The average Bonchev–Trinajstić information content (AvgIpc) is 3.29. The Morgan fingerprint density at radius 3 is 2.66 bits per heavy atom. The molecule has 0 amide bonds. The second kappa shape index (κ2) is 6.65. The first-order chi connectivity index (χ1) is 14.0. The van der Waals surface area contributed by atoms with Crippen LogP contribution in [0.2, 0.25) is 0 Å². The summed E-state index contributed by atoms with van der Waals surface area (Å²) in [6, 6.07) is 8.27. The van der Waals surface area contributed by atoms with Crippen LogP contribution in [0.3, 0.4) is 0 Å². The highest BCUT2D eigenvalue weighted by molar-refractivity contribution is 5.86. The topological polar surface area (TPSA) is 70.1 Å². The fraction of sp³-hybridized carbons (Fsp3) is 0.381. The molecule has 8 heteroatoms. The number of rotatable bonds is 3. The molecule has 0 N–H and O–H groups in total. The smallest absolute Gasteiger partial charge is 0.265 e. The number of benzene rings is 1. The molecule has 0 bridgehead atoms. The summed E-state index contributed by atoms with van der Waals surface area (Å²) in [6.07, 6.45) is 5.67. The van der Waals surface area contributed by atoms with Crippen molar-refractivity contribution in [2.24, 2.45) is 21.1 Å². The minimum Gasteiger partial charge on any atom is -0.490 e. The fourth-order valence-electron chi connectivity index (χ4n) is 4.16. The van der Waals surface area contributed by atoms with E-state index >= 15 is 0 Å². The highest BCUT2D eigenvalue weighted by Gasteiger charge is 2.25. The summed E-state index contributed by atoms with van der Waals surface area (Å²) in [7, 11) is 5.62. The molecule has 150 valence electrons. The highest BCUT2D eigenvalue weighted by atomic mass is 16.5. The summed E-state index contributed by atoms with van der Waals surface area (Å²) in [6.45, 7) is 1.57. The predicted octanol–water partition coefficient (Wildman–Crippen LogP) is 2.21. The van der Waals surface area contributed by atoms with E-state index < -0.39 is 0 Å². The van der Waals surface area contributed by atoms with Gasteiger partial charge in [0.15, 0.2) is 5.65 Å². The van der Waals surface area contributed by atoms with Gasteiger partial charge in [0.2, 0.25) is 5.95 Å². The van der Waals surface area contributed by atoms with Crippen LogP contribution in [0.5, 0.6) is 5.75 Å². The summed E-state index contributed by atoms with van der Waals surface area (Å²) >= 11 is 0. The minimum absolute atomic E-state index is 0.0628. The molecular formula is C21H24N6O2. The van der Waals surface area contributed by atoms with E-state index in [0.717, 1.165) is 37.1 Å². The molecule has 0 unspecified atom stereocenters. The number of anilines is 1. The Morgan fingerprint density at radius 2 is 1.86 bits per heavy atom. The Bertz CT molecular complexity index is 1260. The highest BCUT2D eigenvalue weighted by Crippen LogP contribution is 2.29. The molecule has 0 atom stereocenters. The van der Waals surface area contributed by atoms with Crippen LogP contribution in [0.1, 0.15) is 12.8 Å². The molecular weight excluding hydrogens is 368 g/mol. The monoisotopic (exact) mass is 392 g/mol. The third-order valence-corrected chi connectivity index (χ3v) is 5.76. The largest absolute Gasteiger partial charge is 0.490 e. The maximum absolute atomic E-state index is 12.7. The lowest BCUT2D eigenvalue weighted by Gasteiger charge is -2.33. The number of piperidine rings is 1. The van der Waals surface area contributed by atoms with E-state index in [9.17, 15) is 4.79 Å². The third kappa shape index (κ3) is 2.95. The number of aromatic nitrogens is 5. The number of hydrogen-bond acceptors (Lipinski definition) is 5. The molecule has 0 saturated carbocycles. The lowest BCUT2D eigenvalue weighted by Crippen LogP contribution is -2.41. The van der Waals surface area contributed by atoms with Crippen molar-refractivity contribution in [1.82, 2.24) is 23.9 Å². The van der Waals surface area contributed by atoms with Crippen molar-refractivity contribution in [2.45, 2.75) is 18.9 Å². The van der Waals surface area contributed by atoms with E-state index in [2.05, 4.69) is 37.9 Å². The first-order valence-corrected chi connectivity index (χ1v) is 9.87. The van der Waals surface area contributed by atoms with Crippen molar-refractivity contribution in [1.29, 1.82) is 0 Å². The van der Waals surface area contributed by atoms with Gasteiger partial charge < -0.3 is 14.2 Å². The normalized spacial score (nSPS) is 15.5. The molecule has 1 aliphatic heterocycles. The number of hydrogen-bond donors (Lipinski definition) is 0. The molecule has 1 fully saturated rings. The Hall–Kier alpha value is -3.29. The molecule has 4 heterocycles. The van der Waals surface area contributed by atoms with Crippen LogP contribution in [0.25, 0.3) is 21.9 Å². The van der Waals surface area contributed by atoms with Gasteiger partial charge in [-0.2, -0.15) is 10.1 Å². The van der Waals surface area contributed by atoms with Gasteiger partial charge in [0.1, 0.15) is 17.2 Å². The molecule has 4 aromatic rings. The molecule has 5 rings (SSSR count). The van der Waals surface area contributed by atoms with Crippen LogP contribution >= 0.6 is 0 Å². The van der Waals surface area contributed by atoms with Crippen molar-refractivity contribution in [3.05, 3.63) is 47.0 Å². The van der Waals surface area contributed by atoms with Crippen LogP contribution in [0.15, 0.2) is 41.5 Å². The molecule has 29 heavy (non-hydrogen) atoms. The number of ether oxygens (including phenoxy) is 1. The molecule has 0 spiro atoms. The Morgan fingerprint density at radius 1 is 1.07 bits per heavy atom. The zero-order chi connectivity index (χ0) is 20.1. The second-order valence-electron chi connectivity index (χ2n) is 7.74. The van der Waals surface area contributed by atoms with Gasteiger partial charge in [0.05, 0.1) is 5.52 Å². The van der Waals surface area contributed by atoms with Crippen molar-refractivity contribution in [3.63, 3.8) is 0 Å². The van der Waals surface area contributed by atoms with Crippen molar-refractivity contribution < 1.29 is 4.74 Å². The zero-order valence-corrected chi connectivity index (χ0v) is 16.9. The first kappa shape index (κ1) is 17.8. The van der Waals surface area contributed by atoms with E-state index in [1.807, 2.05) is 19.2 Å². The summed E-state index contributed by atoms with van der Waals surface area (Å²) in [4.78, 5) is 19.5. The van der Waals surface area contributed by atoms with Gasteiger partial charge in [-0.05, 0) is 18.2 Å². The van der Waals surface area contributed by atoms with Crippen LogP contribution < -0.4 is 15.2 Å². The fourth-order valence-corrected chi connectivity index (χ4v) is 4.16. The summed E-state index contributed by atoms with van der Waals surface area (Å²) in [5.74, 6) is 1.60. The van der Waals surface area contributed by atoms with Gasteiger partial charge in [-0.1, -0.05) is 6.07 Å². The lowest BCUT2D eigenvalue weighted by atomic mass is 10.1. The number of fused-ring (bicyclic) bond motifs is 2. The van der Waals surface area contributed by atoms with Crippen molar-refractivity contribution in [2.75, 3.05) is 18.0 Å². The van der Waals surface area contributed by atoms with E-state index in [1.165, 1.54) is 5.52 Å². The van der Waals surface area contributed by atoms with Gasteiger partial charge >= 0.3 is 0 Å². The molecule has 0 aliphatic carbocycles. The van der Waals surface area contributed by atoms with Crippen molar-refractivity contribution >= 4 is 27.9 Å². The maximum atomic E-state index is 12.7. The van der Waals surface area contributed by atoms with E-state index in [-0.39, 0.29) is 11.7 Å². The Kier molecular flexibility index (Phi) is 4.08. The minimum atomic E-state index is -0.0628. The summed E-state index contributed by atoms with van der Waals surface area (Å²) in [5.41, 5.74) is 1.61. The maximum Gasteiger partial charge on any atom is 0.265 e. The zero-order valence-electron chi connectivity index (χ0n) is 16.9. The SMILES string of the molecule is Cn1cc2c(=O)n(C)c(N3CCC(Oc4cccc5c4ccn5C)CC3)nc2n1. The Labute approximate surface area is 167 Å². The van der Waals surface area contributed by atoms with Gasteiger partial charge in [0.25, 0.3) is 5.56 Å². The Balaban J connectivity index is 1.35. The summed E-state index contributed by atoms with van der Waals surface area (Å²) < 4.78 is 11.7. The van der Waals surface area contributed by atoms with E-state index in [0.29, 0.717) is 17.0 Å². The number of nitrogens with zero attached hydrogens (tertiary/aromatic N) is 6. The van der Waals surface area contributed by atoms with Gasteiger partial charge in [-0.25, -0.2) is 0 Å². The second-order valence-corrected chi connectivity index (χ2v) is 7.74. The predicted molar refractivity (Wildman–Crippen MR) is 113 cm³/mol. The van der Waals surface area contributed by atoms with E-state index in [4.69, 9.17) is 4.74 Å². The average molecular weight is 392 g/mol. The molecule has 1 aliphatic rings. The van der Waals surface area contributed by atoms with Crippen LogP contribution in [-0.4, -0.2) is 43.1 Å². The van der Waals surface area contributed by atoms with Crippen molar-refractivity contribution in [3.8, 4) is 5.75 Å². The standard InChI is InChI=1S/C21H24N6O2/c1-24-10-9-15-17(24)5-4-6-18(15)29-14-7-11-27(12-8-14)21-22-19-16(13-25(2)23-19)20(28)26(21)3/h4-6,9-10,13-14H,7-8,11-12H2,1-3H3. The molecule has 8 nitrogen and oxygen atoms in total. The van der Waals surface area contributed by atoms with Gasteiger partial charge in [0, 0.05) is 64.9 Å². The molecule has 1 saturated heterocycles. The molecule has 0 radical (unpaired) electrons. The third-order valence-electron chi connectivity index (χ3n) is 5.76.